The van der Waals surface area contributed by atoms with Gasteiger partial charge in [0.2, 0.25) is 0 Å². The lowest BCUT2D eigenvalue weighted by Crippen LogP contribution is -2.11. The number of aromatic amines is 1. The molecule has 106 valence electrons. The number of nitrogen functional groups attached to an aromatic ring is 2. The molecule has 21 heavy (non-hydrogen) atoms. The van der Waals surface area contributed by atoms with Crippen LogP contribution in [0.5, 0.6) is 0 Å². The Morgan fingerprint density at radius 1 is 1.10 bits per heavy atom. The second-order valence-corrected chi connectivity index (χ2v) is 5.26. The number of nitrogens with zero attached hydrogens (tertiary/aromatic N) is 3. The summed E-state index contributed by atoms with van der Waals surface area (Å²) in [6.07, 6.45) is 0. The van der Waals surface area contributed by atoms with Crippen molar-refractivity contribution >= 4 is 34.3 Å². The summed E-state index contributed by atoms with van der Waals surface area (Å²) in [6, 6.07) is 8.66. The lowest BCUT2D eigenvalue weighted by atomic mass is 10.2. The zero-order chi connectivity index (χ0) is 14.8. The summed E-state index contributed by atoms with van der Waals surface area (Å²) in [4.78, 5) is 27.2. The number of benzene rings is 1. The second-order valence-electron chi connectivity index (χ2n) is 4.32. The van der Waals surface area contributed by atoms with Gasteiger partial charge in [0.15, 0.2) is 5.16 Å². The Morgan fingerprint density at radius 2 is 1.81 bits per heavy atom. The smallest absolute Gasteiger partial charge is 0.258 e. The van der Waals surface area contributed by atoms with Gasteiger partial charge in [-0.1, -0.05) is 23.9 Å². The maximum Gasteiger partial charge on any atom is 0.258 e. The van der Waals surface area contributed by atoms with Crippen LogP contribution in [0.15, 0.2) is 40.3 Å². The van der Waals surface area contributed by atoms with E-state index in [9.17, 15) is 4.79 Å². The Hall–Kier alpha value is -2.61. The van der Waals surface area contributed by atoms with Crippen molar-refractivity contribution in [1.82, 2.24) is 19.9 Å². The number of H-pyrrole nitrogens is 1. The average molecular weight is 300 g/mol. The van der Waals surface area contributed by atoms with Gasteiger partial charge < -0.3 is 16.5 Å². The van der Waals surface area contributed by atoms with E-state index in [0.29, 0.717) is 39.3 Å². The van der Waals surface area contributed by atoms with Crippen molar-refractivity contribution < 1.29 is 0 Å². The van der Waals surface area contributed by atoms with Crippen molar-refractivity contribution in [1.29, 1.82) is 0 Å². The minimum atomic E-state index is -0.163. The lowest BCUT2D eigenvalue weighted by Gasteiger charge is -2.03. The second kappa shape index (κ2) is 5.41. The van der Waals surface area contributed by atoms with Gasteiger partial charge in [-0.25, -0.2) is 15.0 Å². The summed E-state index contributed by atoms with van der Waals surface area (Å²) in [5, 5.41) is 1.01. The largest absolute Gasteiger partial charge is 0.383 e. The highest BCUT2D eigenvalue weighted by Crippen LogP contribution is 2.19. The Morgan fingerprint density at radius 3 is 2.57 bits per heavy atom. The van der Waals surface area contributed by atoms with Crippen molar-refractivity contribution in [3.05, 3.63) is 46.5 Å². The maximum absolute atomic E-state index is 11.9. The highest BCUT2D eigenvalue weighted by Gasteiger charge is 2.06. The molecule has 0 amide bonds. The molecule has 0 bridgehead atoms. The van der Waals surface area contributed by atoms with Gasteiger partial charge in [-0.15, -0.1) is 0 Å². The van der Waals surface area contributed by atoms with Crippen LogP contribution < -0.4 is 17.0 Å². The van der Waals surface area contributed by atoms with Gasteiger partial charge in [-0.2, -0.15) is 0 Å². The van der Waals surface area contributed by atoms with Crippen LogP contribution in [0.3, 0.4) is 0 Å². The molecule has 0 atom stereocenters. The van der Waals surface area contributed by atoms with Crippen molar-refractivity contribution in [3.8, 4) is 0 Å². The number of aromatic nitrogens is 4. The quantitative estimate of drug-likeness (QED) is 0.490. The number of para-hydroxylation sites is 1. The number of fused-ring (bicyclic) bond motifs is 1. The summed E-state index contributed by atoms with van der Waals surface area (Å²) >= 11 is 1.30. The van der Waals surface area contributed by atoms with E-state index in [2.05, 4.69) is 19.9 Å². The molecular weight excluding hydrogens is 288 g/mol. The van der Waals surface area contributed by atoms with Crippen LogP contribution in [0.4, 0.5) is 11.6 Å². The molecule has 3 aromatic rings. The number of nitrogens with two attached hydrogens (primary N) is 2. The van der Waals surface area contributed by atoms with Crippen molar-refractivity contribution in [2.24, 2.45) is 0 Å². The Kier molecular flexibility index (Phi) is 3.44. The van der Waals surface area contributed by atoms with Gasteiger partial charge in [0.1, 0.15) is 17.5 Å². The molecule has 3 rings (SSSR count). The molecule has 0 aliphatic carbocycles. The molecule has 8 heteroatoms. The van der Waals surface area contributed by atoms with E-state index in [0.717, 1.165) is 0 Å². The molecule has 5 N–H and O–H groups in total. The van der Waals surface area contributed by atoms with Crippen LogP contribution in [0, 0.1) is 0 Å². The third-order valence-electron chi connectivity index (χ3n) is 2.75. The van der Waals surface area contributed by atoms with E-state index in [-0.39, 0.29) is 5.56 Å². The molecule has 0 unspecified atom stereocenters. The minimum Gasteiger partial charge on any atom is -0.383 e. The number of hydrogen-bond donors (Lipinski definition) is 3. The summed E-state index contributed by atoms with van der Waals surface area (Å²) in [5.74, 6) is 1.59. The first-order valence-corrected chi connectivity index (χ1v) is 7.11. The molecule has 2 heterocycles. The third kappa shape index (κ3) is 2.95. The van der Waals surface area contributed by atoms with Crippen LogP contribution in [-0.2, 0) is 5.75 Å². The summed E-state index contributed by atoms with van der Waals surface area (Å²) in [6.45, 7) is 0. The third-order valence-corrected chi connectivity index (χ3v) is 3.60. The molecular formula is C13H12N6OS. The van der Waals surface area contributed by atoms with Crippen molar-refractivity contribution in [2.75, 3.05) is 11.5 Å². The Bertz CT molecular complexity index is 842. The van der Waals surface area contributed by atoms with E-state index in [1.54, 1.807) is 18.2 Å². The number of thioether (sulfide) groups is 1. The number of hydrogen-bond acceptors (Lipinski definition) is 7. The molecule has 0 saturated carbocycles. The fraction of sp³-hybridized carbons (Fsp3) is 0.0769. The molecule has 2 aromatic heterocycles. The Balaban J connectivity index is 1.86. The van der Waals surface area contributed by atoms with Crippen LogP contribution in [0.25, 0.3) is 10.9 Å². The van der Waals surface area contributed by atoms with Crippen LogP contribution >= 0.6 is 11.8 Å². The number of nitrogens with one attached hydrogen (secondary N) is 1. The lowest BCUT2D eigenvalue weighted by molar-refractivity contribution is 0.973. The van der Waals surface area contributed by atoms with E-state index >= 15 is 0 Å². The van der Waals surface area contributed by atoms with Crippen molar-refractivity contribution in [2.45, 2.75) is 10.9 Å². The molecule has 1 aromatic carbocycles. The van der Waals surface area contributed by atoms with Gasteiger partial charge >= 0.3 is 0 Å². The normalized spacial score (nSPS) is 10.9. The summed E-state index contributed by atoms with van der Waals surface area (Å²) in [5.41, 5.74) is 11.7. The fourth-order valence-electron chi connectivity index (χ4n) is 1.86. The first kappa shape index (κ1) is 13.4. The Labute approximate surface area is 123 Å². The summed E-state index contributed by atoms with van der Waals surface area (Å²) < 4.78 is 0. The van der Waals surface area contributed by atoms with Gasteiger partial charge in [-0.3, -0.25) is 4.79 Å². The highest BCUT2D eigenvalue weighted by molar-refractivity contribution is 7.98. The van der Waals surface area contributed by atoms with Crippen LogP contribution in [-0.4, -0.2) is 19.9 Å². The molecule has 0 radical (unpaired) electrons. The molecule has 0 saturated heterocycles. The van der Waals surface area contributed by atoms with Gasteiger partial charge in [-0.05, 0) is 12.1 Å². The van der Waals surface area contributed by atoms with Crippen LogP contribution in [0.1, 0.15) is 5.82 Å². The zero-order valence-corrected chi connectivity index (χ0v) is 11.7. The van der Waals surface area contributed by atoms with E-state index < -0.39 is 0 Å². The first-order valence-electron chi connectivity index (χ1n) is 6.12. The number of anilines is 2. The van der Waals surface area contributed by atoms with Gasteiger partial charge in [0.05, 0.1) is 16.7 Å². The van der Waals surface area contributed by atoms with Crippen molar-refractivity contribution in [3.63, 3.8) is 0 Å². The first-order chi connectivity index (χ1) is 10.1. The zero-order valence-electron chi connectivity index (χ0n) is 10.9. The van der Waals surface area contributed by atoms with E-state index in [4.69, 9.17) is 11.5 Å². The molecule has 0 fully saturated rings. The molecule has 0 aliphatic heterocycles. The van der Waals surface area contributed by atoms with Gasteiger partial charge in [0, 0.05) is 6.07 Å². The topological polar surface area (TPSA) is 124 Å². The van der Waals surface area contributed by atoms with E-state index in [1.807, 2.05) is 6.07 Å². The average Bonchev–Trinajstić information content (AvgIpc) is 2.44. The molecule has 0 aliphatic rings. The molecule has 0 spiro atoms. The number of rotatable bonds is 3. The summed E-state index contributed by atoms with van der Waals surface area (Å²) in [7, 11) is 0. The van der Waals surface area contributed by atoms with E-state index in [1.165, 1.54) is 17.8 Å². The minimum absolute atomic E-state index is 0.163. The fourth-order valence-corrected chi connectivity index (χ4v) is 2.61. The molecule has 7 nitrogen and oxygen atoms in total. The predicted octanol–water partition coefficient (Wildman–Crippen LogP) is 1.17. The monoisotopic (exact) mass is 300 g/mol. The SMILES string of the molecule is Nc1cc(N)nc(SCc2nc3ccccc3c(=O)[nH]2)n1. The highest BCUT2D eigenvalue weighted by atomic mass is 32.2. The van der Waals surface area contributed by atoms with Gasteiger partial charge in [0.25, 0.3) is 5.56 Å². The maximum atomic E-state index is 11.9. The predicted molar refractivity (Wildman–Crippen MR) is 82.8 cm³/mol. The van der Waals surface area contributed by atoms with Crippen LogP contribution in [0.2, 0.25) is 0 Å². The standard InChI is InChI=1S/C13H12N6OS/c14-9-5-10(15)18-13(17-9)21-6-11-16-8-4-2-1-3-7(8)12(20)19-11/h1-5H,6H2,(H,16,19,20)(H4,14,15,17,18).